The van der Waals surface area contributed by atoms with E-state index < -0.39 is 11.9 Å². The van der Waals surface area contributed by atoms with Crippen LogP contribution in [0.3, 0.4) is 0 Å². The van der Waals surface area contributed by atoms with E-state index in [-0.39, 0.29) is 5.82 Å². The van der Waals surface area contributed by atoms with Crippen molar-refractivity contribution in [1.82, 2.24) is 9.88 Å². The second-order valence-corrected chi connectivity index (χ2v) is 7.49. The van der Waals surface area contributed by atoms with Gasteiger partial charge in [0.15, 0.2) is 0 Å². The second kappa shape index (κ2) is 8.88. The first-order valence-corrected chi connectivity index (χ1v) is 10.2. The van der Waals surface area contributed by atoms with Crippen LogP contribution in [0.1, 0.15) is 24.1 Å². The van der Waals surface area contributed by atoms with Crippen LogP contribution in [-0.2, 0) is 6.18 Å². The highest BCUT2D eigenvalue weighted by molar-refractivity contribution is 5.94. The van der Waals surface area contributed by atoms with Gasteiger partial charge in [0.1, 0.15) is 11.5 Å². The summed E-state index contributed by atoms with van der Waals surface area (Å²) in [6.07, 6.45) is -0.279. The first-order chi connectivity index (χ1) is 14.5. The smallest absolute Gasteiger partial charge is 0.370 e. The molecule has 0 saturated carbocycles. The average molecular weight is 411 g/mol. The zero-order valence-corrected chi connectivity index (χ0v) is 16.6. The van der Waals surface area contributed by atoms with Crippen molar-refractivity contribution in [2.75, 3.05) is 31.5 Å². The maximum Gasteiger partial charge on any atom is 0.433 e. The number of fused-ring (bicyclic) bond motifs is 1. The molecular weight excluding hydrogens is 387 g/mol. The lowest BCUT2D eigenvalue weighted by molar-refractivity contribution is -0.141. The van der Waals surface area contributed by atoms with Crippen molar-refractivity contribution in [1.29, 1.82) is 0 Å². The normalized spacial score (nSPS) is 15.2. The van der Waals surface area contributed by atoms with E-state index in [9.17, 15) is 13.2 Å². The fourth-order valence-electron chi connectivity index (χ4n) is 3.87. The average Bonchev–Trinajstić information content (AvgIpc) is 2.76. The van der Waals surface area contributed by atoms with Crippen LogP contribution >= 0.6 is 0 Å². The van der Waals surface area contributed by atoms with Gasteiger partial charge in [0.2, 0.25) is 0 Å². The molecule has 30 heavy (non-hydrogen) atoms. The van der Waals surface area contributed by atoms with Crippen LogP contribution in [0.25, 0.3) is 16.3 Å². The summed E-state index contributed by atoms with van der Waals surface area (Å²) in [5.74, 6) is 0.265. The molecule has 1 N–H and O–H groups in total. The Bertz CT molecular complexity index is 1040. The van der Waals surface area contributed by atoms with Crippen LogP contribution in [0, 0.1) is 0 Å². The van der Waals surface area contributed by atoms with Gasteiger partial charge in [-0.3, -0.25) is 4.90 Å². The van der Waals surface area contributed by atoms with Crippen molar-refractivity contribution in [3.05, 3.63) is 78.0 Å². The Labute approximate surface area is 174 Å². The molecule has 0 spiro atoms. The van der Waals surface area contributed by atoms with Crippen molar-refractivity contribution < 1.29 is 13.2 Å². The highest BCUT2D eigenvalue weighted by Gasteiger charge is 2.32. The lowest BCUT2D eigenvalue weighted by Crippen LogP contribution is -2.30. The summed E-state index contributed by atoms with van der Waals surface area (Å²) in [6, 6.07) is 18.8. The summed E-state index contributed by atoms with van der Waals surface area (Å²) >= 11 is 0. The number of aromatic nitrogens is 1. The van der Waals surface area contributed by atoms with Gasteiger partial charge in [-0.1, -0.05) is 54.6 Å². The van der Waals surface area contributed by atoms with E-state index in [0.29, 0.717) is 6.54 Å². The van der Waals surface area contributed by atoms with E-state index in [2.05, 4.69) is 63.7 Å². The first-order valence-electron chi connectivity index (χ1n) is 10.2. The van der Waals surface area contributed by atoms with Gasteiger partial charge in [0, 0.05) is 26.2 Å². The van der Waals surface area contributed by atoms with Gasteiger partial charge in [-0.15, -0.1) is 0 Å². The van der Waals surface area contributed by atoms with Gasteiger partial charge in [-0.25, -0.2) is 4.98 Å². The Kier molecular flexibility index (Phi) is 6.04. The molecule has 6 heteroatoms. The summed E-state index contributed by atoms with van der Waals surface area (Å²) in [4.78, 5) is 6.01. The van der Waals surface area contributed by atoms with E-state index >= 15 is 0 Å². The summed E-state index contributed by atoms with van der Waals surface area (Å²) in [7, 11) is 0. The minimum absolute atomic E-state index is 0.265. The Hall–Kier alpha value is -2.86. The molecule has 1 aliphatic heterocycles. The molecule has 2 aromatic carbocycles. The SMILES string of the molecule is FC(F)(F)c1cccc(NCCCN2CC=C(c3cccc4ccccc34)CC2)n1. The Morgan fingerprint density at radius 2 is 1.77 bits per heavy atom. The van der Waals surface area contributed by atoms with Crippen molar-refractivity contribution >= 4 is 22.2 Å². The maximum absolute atomic E-state index is 12.7. The fraction of sp³-hybridized carbons (Fsp3) is 0.292. The van der Waals surface area contributed by atoms with E-state index in [1.165, 1.54) is 28.0 Å². The van der Waals surface area contributed by atoms with Crippen LogP contribution in [0.2, 0.25) is 0 Å². The molecule has 4 rings (SSSR count). The first kappa shape index (κ1) is 20.4. The lowest BCUT2D eigenvalue weighted by atomic mass is 9.94. The quantitative estimate of drug-likeness (QED) is 0.516. The number of nitrogens with one attached hydrogen (secondary N) is 1. The predicted octanol–water partition coefficient (Wildman–Crippen LogP) is 5.84. The fourth-order valence-corrected chi connectivity index (χ4v) is 3.87. The summed E-state index contributed by atoms with van der Waals surface area (Å²) in [6.45, 7) is 3.35. The standard InChI is InChI=1S/C24H24F3N3/c25-24(26,27)22-10-4-11-23(29-22)28-14-5-15-30-16-12-19(13-17-30)21-9-3-7-18-6-1-2-8-20(18)21/h1-4,6-12H,5,13-17H2,(H,28,29). The molecule has 0 unspecified atom stereocenters. The number of alkyl halides is 3. The molecule has 156 valence electrons. The van der Waals surface area contributed by atoms with Gasteiger partial charge >= 0.3 is 6.18 Å². The Morgan fingerprint density at radius 3 is 2.57 bits per heavy atom. The number of benzene rings is 2. The number of nitrogens with zero attached hydrogens (tertiary/aromatic N) is 2. The van der Waals surface area contributed by atoms with Crippen LogP contribution in [-0.4, -0.2) is 36.1 Å². The molecule has 1 aliphatic rings. The number of rotatable bonds is 6. The van der Waals surface area contributed by atoms with Gasteiger partial charge in [-0.2, -0.15) is 13.2 Å². The number of anilines is 1. The Balaban J connectivity index is 1.29. The monoisotopic (exact) mass is 411 g/mol. The minimum Gasteiger partial charge on any atom is -0.370 e. The molecular formula is C24H24F3N3. The molecule has 1 aromatic heterocycles. The second-order valence-electron chi connectivity index (χ2n) is 7.49. The highest BCUT2D eigenvalue weighted by Crippen LogP contribution is 2.29. The van der Waals surface area contributed by atoms with Crippen LogP contribution in [0.5, 0.6) is 0 Å². The summed E-state index contributed by atoms with van der Waals surface area (Å²) in [5.41, 5.74) is 1.83. The molecule has 0 amide bonds. The maximum atomic E-state index is 12.7. The Morgan fingerprint density at radius 1 is 0.967 bits per heavy atom. The molecule has 0 radical (unpaired) electrons. The largest absolute Gasteiger partial charge is 0.433 e. The molecule has 2 heterocycles. The zero-order chi connectivity index (χ0) is 21.0. The highest BCUT2D eigenvalue weighted by atomic mass is 19.4. The van der Waals surface area contributed by atoms with Crippen LogP contribution < -0.4 is 5.32 Å². The number of hydrogen-bond acceptors (Lipinski definition) is 3. The molecule has 0 fully saturated rings. The van der Waals surface area contributed by atoms with Gasteiger partial charge in [-0.05, 0) is 46.9 Å². The van der Waals surface area contributed by atoms with Crippen LogP contribution in [0.4, 0.5) is 19.0 Å². The zero-order valence-electron chi connectivity index (χ0n) is 16.6. The van der Waals surface area contributed by atoms with Gasteiger partial charge in [0.25, 0.3) is 0 Å². The number of pyridine rings is 1. The van der Waals surface area contributed by atoms with E-state index in [1.807, 2.05) is 0 Å². The third-order valence-electron chi connectivity index (χ3n) is 5.43. The van der Waals surface area contributed by atoms with E-state index in [4.69, 9.17) is 0 Å². The minimum atomic E-state index is -4.42. The van der Waals surface area contributed by atoms with Gasteiger partial charge < -0.3 is 5.32 Å². The van der Waals surface area contributed by atoms with Gasteiger partial charge in [0.05, 0.1) is 0 Å². The van der Waals surface area contributed by atoms with E-state index in [1.54, 1.807) is 6.07 Å². The summed E-state index contributed by atoms with van der Waals surface area (Å²) in [5, 5.41) is 5.54. The predicted molar refractivity (Wildman–Crippen MR) is 115 cm³/mol. The van der Waals surface area contributed by atoms with Crippen molar-refractivity contribution in [3.8, 4) is 0 Å². The van der Waals surface area contributed by atoms with Crippen molar-refractivity contribution in [3.63, 3.8) is 0 Å². The summed E-state index contributed by atoms with van der Waals surface area (Å²) < 4.78 is 38.2. The lowest BCUT2D eigenvalue weighted by Gasteiger charge is -2.27. The molecule has 0 bridgehead atoms. The van der Waals surface area contributed by atoms with E-state index in [0.717, 1.165) is 38.5 Å². The molecule has 0 atom stereocenters. The number of hydrogen-bond donors (Lipinski definition) is 1. The third kappa shape index (κ3) is 4.82. The van der Waals surface area contributed by atoms with Crippen LogP contribution in [0.15, 0.2) is 66.7 Å². The molecule has 0 saturated heterocycles. The molecule has 3 nitrogen and oxygen atoms in total. The van der Waals surface area contributed by atoms with Crippen molar-refractivity contribution in [2.45, 2.75) is 19.0 Å². The topological polar surface area (TPSA) is 28.2 Å². The van der Waals surface area contributed by atoms with Crippen molar-refractivity contribution in [2.24, 2.45) is 0 Å². The third-order valence-corrected chi connectivity index (χ3v) is 5.43. The molecule has 3 aromatic rings. The molecule has 0 aliphatic carbocycles. The number of halogens is 3.